The molecule has 0 radical (unpaired) electrons. The summed E-state index contributed by atoms with van der Waals surface area (Å²) in [6.07, 6.45) is -0.265. The number of amides is 1. The van der Waals surface area contributed by atoms with Gasteiger partial charge in [-0.3, -0.25) is 9.59 Å². The van der Waals surface area contributed by atoms with Gasteiger partial charge in [0.1, 0.15) is 0 Å². The number of nitrogens with one attached hydrogen (secondary N) is 1. The van der Waals surface area contributed by atoms with E-state index in [1.165, 1.54) is 21.3 Å². The van der Waals surface area contributed by atoms with E-state index in [-0.39, 0.29) is 24.3 Å². The van der Waals surface area contributed by atoms with E-state index in [9.17, 15) is 9.59 Å². The number of carbonyl (C=O) groups excluding carboxylic acids is 1. The van der Waals surface area contributed by atoms with Crippen molar-refractivity contribution >= 4 is 11.9 Å². The smallest absolute Gasteiger partial charge is 0.305 e. The average Bonchev–Trinajstić information content (AvgIpc) is 2.45. The van der Waals surface area contributed by atoms with Gasteiger partial charge >= 0.3 is 5.97 Å². The van der Waals surface area contributed by atoms with Crippen molar-refractivity contribution in [2.45, 2.75) is 18.9 Å². The predicted octanol–water partition coefficient (Wildman–Crippen LogP) is 1.31. The van der Waals surface area contributed by atoms with Crippen LogP contribution in [-0.4, -0.2) is 50.5 Å². The Balaban J connectivity index is 3.07. The van der Waals surface area contributed by atoms with E-state index < -0.39 is 17.4 Å². The van der Waals surface area contributed by atoms with E-state index in [0.29, 0.717) is 5.75 Å². The second-order valence-corrected chi connectivity index (χ2v) is 5.06. The van der Waals surface area contributed by atoms with E-state index in [1.54, 1.807) is 25.1 Å². The molecule has 22 heavy (non-hydrogen) atoms. The van der Waals surface area contributed by atoms with Crippen molar-refractivity contribution in [3.05, 3.63) is 23.8 Å². The fourth-order valence-electron chi connectivity index (χ4n) is 2.19. The fraction of sp³-hybridized carbons (Fsp3) is 0.467. The number of benzene rings is 1. The Morgan fingerprint density at radius 1 is 1.23 bits per heavy atom. The molecular weight excluding hydrogens is 290 g/mol. The van der Waals surface area contributed by atoms with Gasteiger partial charge in [-0.2, -0.15) is 0 Å². The van der Waals surface area contributed by atoms with E-state index >= 15 is 0 Å². The van der Waals surface area contributed by atoms with Crippen LogP contribution in [0.2, 0.25) is 0 Å². The molecule has 0 heterocycles. The topological polar surface area (TPSA) is 94.1 Å². The van der Waals surface area contributed by atoms with Crippen LogP contribution in [0, 0.1) is 0 Å². The van der Waals surface area contributed by atoms with Crippen LogP contribution >= 0.6 is 0 Å². The summed E-state index contributed by atoms with van der Waals surface area (Å²) >= 11 is 0. The SMILES string of the molecule is COCC(C)(CC(=O)O)NC(=O)c1cccc(OC)c1OC. The minimum Gasteiger partial charge on any atom is -0.493 e. The van der Waals surface area contributed by atoms with E-state index in [1.807, 2.05) is 0 Å². The normalized spacial score (nSPS) is 13.1. The molecule has 1 aromatic carbocycles. The fourth-order valence-corrected chi connectivity index (χ4v) is 2.19. The summed E-state index contributed by atoms with van der Waals surface area (Å²) in [7, 11) is 4.34. The molecular formula is C15H21NO6. The maximum atomic E-state index is 12.5. The van der Waals surface area contributed by atoms with E-state index in [0.717, 1.165) is 0 Å². The van der Waals surface area contributed by atoms with Crippen molar-refractivity contribution in [3.63, 3.8) is 0 Å². The number of methoxy groups -OCH3 is 3. The predicted molar refractivity (Wildman–Crippen MR) is 79.5 cm³/mol. The third-order valence-electron chi connectivity index (χ3n) is 3.07. The van der Waals surface area contributed by atoms with Gasteiger partial charge in [0.2, 0.25) is 0 Å². The lowest BCUT2D eigenvalue weighted by Crippen LogP contribution is -2.50. The highest BCUT2D eigenvalue weighted by molar-refractivity contribution is 5.98. The van der Waals surface area contributed by atoms with Crippen molar-refractivity contribution in [2.24, 2.45) is 0 Å². The molecule has 0 aromatic heterocycles. The van der Waals surface area contributed by atoms with Gasteiger partial charge in [-0.1, -0.05) is 6.07 Å². The van der Waals surface area contributed by atoms with Crippen molar-refractivity contribution < 1.29 is 28.9 Å². The van der Waals surface area contributed by atoms with Gasteiger partial charge in [0.05, 0.1) is 38.3 Å². The van der Waals surface area contributed by atoms with Crippen LogP contribution in [0.25, 0.3) is 0 Å². The Labute approximate surface area is 129 Å². The number of para-hydroxylation sites is 1. The van der Waals surface area contributed by atoms with Gasteiger partial charge in [0.15, 0.2) is 11.5 Å². The van der Waals surface area contributed by atoms with Crippen molar-refractivity contribution in [1.82, 2.24) is 5.32 Å². The first-order chi connectivity index (χ1) is 10.4. The highest BCUT2D eigenvalue weighted by atomic mass is 16.5. The Morgan fingerprint density at radius 2 is 1.91 bits per heavy atom. The number of carboxylic acids is 1. The lowest BCUT2D eigenvalue weighted by Gasteiger charge is -2.28. The summed E-state index contributed by atoms with van der Waals surface area (Å²) in [4.78, 5) is 23.4. The third kappa shape index (κ3) is 4.36. The molecule has 0 aliphatic rings. The maximum absolute atomic E-state index is 12.5. The molecule has 1 rings (SSSR count). The summed E-state index contributed by atoms with van der Waals surface area (Å²) in [6.45, 7) is 1.67. The molecule has 2 N–H and O–H groups in total. The summed E-state index contributed by atoms with van der Waals surface area (Å²) in [5.41, 5.74) is -0.777. The van der Waals surface area contributed by atoms with Crippen LogP contribution in [0.1, 0.15) is 23.7 Å². The third-order valence-corrected chi connectivity index (χ3v) is 3.07. The highest BCUT2D eigenvalue weighted by Crippen LogP contribution is 2.31. The van der Waals surface area contributed by atoms with E-state index in [4.69, 9.17) is 19.3 Å². The number of carboxylic acid groups (broad SMARTS) is 1. The van der Waals surface area contributed by atoms with Crippen molar-refractivity contribution in [3.8, 4) is 11.5 Å². The lowest BCUT2D eigenvalue weighted by molar-refractivity contribution is -0.139. The molecule has 1 atom stereocenters. The molecule has 7 heteroatoms. The average molecular weight is 311 g/mol. The zero-order valence-corrected chi connectivity index (χ0v) is 13.1. The molecule has 0 saturated heterocycles. The summed E-state index contributed by atoms with van der Waals surface area (Å²) in [5, 5.41) is 11.7. The number of ether oxygens (including phenoxy) is 3. The van der Waals surface area contributed by atoms with Crippen molar-refractivity contribution in [1.29, 1.82) is 0 Å². The van der Waals surface area contributed by atoms with Gasteiger partial charge in [0, 0.05) is 7.11 Å². The summed E-state index contributed by atoms with van der Waals surface area (Å²) < 4.78 is 15.4. The number of rotatable bonds is 8. The second kappa shape index (κ2) is 7.65. The number of carbonyl (C=O) groups is 2. The van der Waals surface area contributed by atoms with Crippen LogP contribution in [0.15, 0.2) is 18.2 Å². The van der Waals surface area contributed by atoms with E-state index in [2.05, 4.69) is 5.32 Å². The quantitative estimate of drug-likeness (QED) is 0.752. The largest absolute Gasteiger partial charge is 0.493 e. The minimum atomic E-state index is -1.04. The maximum Gasteiger partial charge on any atom is 0.305 e. The Hall–Kier alpha value is -2.28. The highest BCUT2D eigenvalue weighted by Gasteiger charge is 2.31. The molecule has 0 aliphatic heterocycles. The van der Waals surface area contributed by atoms with Gasteiger partial charge in [-0.05, 0) is 19.1 Å². The first-order valence-corrected chi connectivity index (χ1v) is 6.61. The molecule has 0 spiro atoms. The van der Waals surface area contributed by atoms with Crippen LogP contribution in [0.4, 0.5) is 0 Å². The molecule has 122 valence electrons. The molecule has 0 bridgehead atoms. The van der Waals surface area contributed by atoms with Gasteiger partial charge < -0.3 is 24.6 Å². The lowest BCUT2D eigenvalue weighted by atomic mass is 9.98. The zero-order chi connectivity index (χ0) is 16.8. The van der Waals surface area contributed by atoms with Gasteiger partial charge in [-0.15, -0.1) is 0 Å². The zero-order valence-electron chi connectivity index (χ0n) is 13.1. The minimum absolute atomic E-state index is 0.0668. The first kappa shape index (κ1) is 17.8. The van der Waals surface area contributed by atoms with Gasteiger partial charge in [0.25, 0.3) is 5.91 Å². The summed E-state index contributed by atoms with van der Waals surface area (Å²) in [6, 6.07) is 4.90. The first-order valence-electron chi connectivity index (χ1n) is 6.61. The van der Waals surface area contributed by atoms with Crippen LogP contribution < -0.4 is 14.8 Å². The Bertz CT molecular complexity index is 545. The molecule has 0 saturated carbocycles. The molecule has 0 fully saturated rings. The number of hydrogen-bond donors (Lipinski definition) is 2. The van der Waals surface area contributed by atoms with Crippen LogP contribution in [0.3, 0.4) is 0 Å². The molecule has 1 unspecified atom stereocenters. The number of hydrogen-bond acceptors (Lipinski definition) is 5. The number of aliphatic carboxylic acids is 1. The Morgan fingerprint density at radius 3 is 2.41 bits per heavy atom. The molecule has 0 aliphatic carbocycles. The summed E-state index contributed by atoms with van der Waals surface area (Å²) in [5.74, 6) is -0.784. The van der Waals surface area contributed by atoms with Gasteiger partial charge in [-0.25, -0.2) is 0 Å². The second-order valence-electron chi connectivity index (χ2n) is 5.06. The molecule has 1 aromatic rings. The monoisotopic (exact) mass is 311 g/mol. The Kier molecular flexibility index (Phi) is 6.18. The van der Waals surface area contributed by atoms with Crippen molar-refractivity contribution in [2.75, 3.05) is 27.9 Å². The van der Waals surface area contributed by atoms with Crippen LogP contribution in [-0.2, 0) is 9.53 Å². The van der Waals surface area contributed by atoms with Crippen LogP contribution in [0.5, 0.6) is 11.5 Å². The standard InChI is InChI=1S/C15H21NO6/c1-15(9-20-2,8-12(17)18)16-14(19)10-6-5-7-11(21-3)13(10)22-4/h5-7H,8-9H2,1-4H3,(H,16,19)(H,17,18). The molecule has 7 nitrogen and oxygen atoms in total. The molecule has 1 amide bonds.